The predicted molar refractivity (Wildman–Crippen MR) is 112 cm³/mol. The molecule has 1 saturated heterocycles. The molecule has 1 aliphatic rings. The van der Waals surface area contributed by atoms with Crippen molar-refractivity contribution < 1.29 is 32.8 Å². The summed E-state index contributed by atoms with van der Waals surface area (Å²) in [5.74, 6) is -0.302. The summed E-state index contributed by atoms with van der Waals surface area (Å²) in [7, 11) is -0.324. The summed E-state index contributed by atoms with van der Waals surface area (Å²) in [6, 6.07) is 11.8. The molecule has 1 aromatic carbocycles. The molecule has 0 radical (unpaired) electrons. The number of pyridine rings is 1. The van der Waals surface area contributed by atoms with Crippen LogP contribution >= 0.6 is 8.53 Å². The third-order valence-electron chi connectivity index (χ3n) is 4.37. The molecule has 0 amide bonds. The van der Waals surface area contributed by atoms with E-state index in [2.05, 4.69) is 10.1 Å². The number of benzene rings is 1. The largest absolute Gasteiger partial charge is 0.468 e. The van der Waals surface area contributed by atoms with Crippen LogP contribution < -0.4 is 9.61 Å². The summed E-state index contributed by atoms with van der Waals surface area (Å²) >= 11 is 0. The van der Waals surface area contributed by atoms with Crippen LogP contribution in [0.15, 0.2) is 54.9 Å². The molecule has 1 aliphatic heterocycles. The van der Waals surface area contributed by atoms with E-state index in [1.54, 1.807) is 37.4 Å². The Bertz CT molecular complexity index is 840. The zero-order valence-corrected chi connectivity index (χ0v) is 18.2. The van der Waals surface area contributed by atoms with Gasteiger partial charge in [-0.25, -0.2) is 9.88 Å². The molecule has 1 N–H and O–H groups in total. The molecule has 10 heteroatoms. The molecule has 1 fully saturated rings. The van der Waals surface area contributed by atoms with E-state index < -0.39 is 32.8 Å². The zero-order valence-electron chi connectivity index (χ0n) is 17.3. The SMILES string of the molecule is COC(=O)C(C)NP(OCC1CCC(OC(=O)c2cccnc2)O1)Oc1ccccc1. The number of aromatic nitrogens is 1. The second-order valence-corrected chi connectivity index (χ2v) is 7.96. The summed E-state index contributed by atoms with van der Waals surface area (Å²) in [5, 5.41) is 3.00. The number of methoxy groups -OCH3 is 1. The first kappa shape index (κ1) is 23.1. The first-order valence-electron chi connectivity index (χ1n) is 9.81. The molecule has 2 aromatic rings. The van der Waals surface area contributed by atoms with E-state index in [4.69, 9.17) is 23.3 Å². The number of nitrogens with zero attached hydrogens (tertiary/aromatic N) is 1. The highest BCUT2D eigenvalue weighted by atomic mass is 31.2. The topological polar surface area (TPSA) is 105 Å². The lowest BCUT2D eigenvalue weighted by molar-refractivity contribution is -0.142. The number of ether oxygens (including phenoxy) is 3. The molecule has 0 saturated carbocycles. The van der Waals surface area contributed by atoms with Crippen LogP contribution in [-0.4, -0.2) is 49.1 Å². The molecule has 0 aliphatic carbocycles. The maximum absolute atomic E-state index is 12.1. The minimum Gasteiger partial charge on any atom is -0.468 e. The number of hydrogen-bond acceptors (Lipinski definition) is 9. The Morgan fingerprint density at radius 1 is 1.23 bits per heavy atom. The monoisotopic (exact) mass is 448 g/mol. The van der Waals surface area contributed by atoms with Crippen molar-refractivity contribution in [3.8, 4) is 5.75 Å². The minimum atomic E-state index is -1.64. The van der Waals surface area contributed by atoms with Gasteiger partial charge in [0.05, 0.1) is 25.4 Å². The highest BCUT2D eigenvalue weighted by Gasteiger charge is 2.31. The van der Waals surface area contributed by atoms with Crippen molar-refractivity contribution in [3.63, 3.8) is 0 Å². The van der Waals surface area contributed by atoms with Gasteiger partial charge < -0.3 is 23.3 Å². The van der Waals surface area contributed by atoms with E-state index in [0.29, 0.717) is 24.2 Å². The molecule has 4 unspecified atom stereocenters. The lowest BCUT2D eigenvalue weighted by Gasteiger charge is -2.22. The van der Waals surface area contributed by atoms with Crippen molar-refractivity contribution >= 4 is 20.5 Å². The van der Waals surface area contributed by atoms with E-state index in [1.165, 1.54) is 13.3 Å². The predicted octanol–water partition coefficient (Wildman–Crippen LogP) is 3.22. The molecule has 0 spiro atoms. The van der Waals surface area contributed by atoms with E-state index >= 15 is 0 Å². The van der Waals surface area contributed by atoms with Crippen molar-refractivity contribution in [3.05, 3.63) is 60.4 Å². The van der Waals surface area contributed by atoms with Gasteiger partial charge in [-0.1, -0.05) is 18.2 Å². The fourth-order valence-electron chi connectivity index (χ4n) is 2.76. The standard InChI is InChI=1S/C21H25N2O7P/c1-15(20(24)26-2)23-31(30-17-8-4-3-5-9-17)27-14-18-10-11-19(28-18)29-21(25)16-7-6-12-22-13-16/h3-9,12-13,15,18-19,23H,10-11,14H2,1-2H3. The highest BCUT2D eigenvalue weighted by Crippen LogP contribution is 2.37. The van der Waals surface area contributed by atoms with Gasteiger partial charge in [0.1, 0.15) is 11.8 Å². The van der Waals surface area contributed by atoms with Crippen molar-refractivity contribution in [2.45, 2.75) is 38.2 Å². The molecule has 4 atom stereocenters. The van der Waals surface area contributed by atoms with Gasteiger partial charge >= 0.3 is 20.5 Å². The molecule has 31 heavy (non-hydrogen) atoms. The maximum atomic E-state index is 12.1. The zero-order chi connectivity index (χ0) is 22.1. The number of para-hydroxylation sites is 1. The summed E-state index contributed by atoms with van der Waals surface area (Å²) < 4.78 is 27.7. The summed E-state index contributed by atoms with van der Waals surface area (Å²) in [5.41, 5.74) is 0.367. The van der Waals surface area contributed by atoms with Crippen LogP contribution in [0.3, 0.4) is 0 Å². The average molecular weight is 448 g/mol. The van der Waals surface area contributed by atoms with Crippen LogP contribution in [-0.2, 0) is 23.5 Å². The van der Waals surface area contributed by atoms with Crippen molar-refractivity contribution in [2.75, 3.05) is 13.7 Å². The Kier molecular flexibility index (Phi) is 8.73. The fourth-order valence-corrected chi connectivity index (χ4v) is 3.97. The van der Waals surface area contributed by atoms with Gasteiger partial charge in [-0.05, 0) is 37.6 Å². The van der Waals surface area contributed by atoms with Gasteiger partial charge in [0, 0.05) is 18.8 Å². The number of nitrogens with one attached hydrogen (secondary N) is 1. The normalized spacial score (nSPS) is 19.9. The first-order chi connectivity index (χ1) is 15.0. The third kappa shape index (κ3) is 7.25. The van der Waals surface area contributed by atoms with Gasteiger partial charge in [-0.2, -0.15) is 0 Å². The molecular weight excluding hydrogens is 423 g/mol. The van der Waals surface area contributed by atoms with E-state index in [1.807, 2.05) is 18.2 Å². The molecular formula is C21H25N2O7P. The lowest BCUT2D eigenvalue weighted by Crippen LogP contribution is -2.33. The quantitative estimate of drug-likeness (QED) is 0.433. The van der Waals surface area contributed by atoms with E-state index in [9.17, 15) is 9.59 Å². The van der Waals surface area contributed by atoms with Crippen molar-refractivity contribution in [1.29, 1.82) is 0 Å². The Morgan fingerprint density at radius 2 is 2.03 bits per heavy atom. The number of hydrogen-bond donors (Lipinski definition) is 1. The molecule has 3 rings (SSSR count). The molecule has 0 bridgehead atoms. The second-order valence-electron chi connectivity index (χ2n) is 6.74. The van der Waals surface area contributed by atoms with E-state index in [0.717, 1.165) is 0 Å². The van der Waals surface area contributed by atoms with Crippen molar-refractivity contribution in [1.82, 2.24) is 10.1 Å². The van der Waals surface area contributed by atoms with Gasteiger partial charge in [-0.3, -0.25) is 9.78 Å². The van der Waals surface area contributed by atoms with Crippen LogP contribution in [0.4, 0.5) is 0 Å². The van der Waals surface area contributed by atoms with Gasteiger partial charge in [0.2, 0.25) is 6.29 Å². The maximum Gasteiger partial charge on any atom is 0.342 e. The second kappa shape index (κ2) is 11.7. The molecule has 2 heterocycles. The van der Waals surface area contributed by atoms with Gasteiger partial charge in [-0.15, -0.1) is 0 Å². The van der Waals surface area contributed by atoms with Crippen LogP contribution in [0.2, 0.25) is 0 Å². The number of rotatable bonds is 10. The van der Waals surface area contributed by atoms with Crippen LogP contribution in [0.5, 0.6) is 5.75 Å². The first-order valence-corrected chi connectivity index (χ1v) is 11.0. The van der Waals surface area contributed by atoms with Gasteiger partial charge in [0.25, 0.3) is 0 Å². The Balaban J connectivity index is 1.50. The Labute approximate surface area is 182 Å². The van der Waals surface area contributed by atoms with Crippen molar-refractivity contribution in [2.24, 2.45) is 0 Å². The minimum absolute atomic E-state index is 0.209. The van der Waals surface area contributed by atoms with Crippen LogP contribution in [0.25, 0.3) is 0 Å². The number of esters is 2. The van der Waals surface area contributed by atoms with Crippen LogP contribution in [0.1, 0.15) is 30.1 Å². The average Bonchev–Trinajstić information content (AvgIpc) is 3.25. The molecule has 1 aromatic heterocycles. The lowest BCUT2D eigenvalue weighted by atomic mass is 10.2. The van der Waals surface area contributed by atoms with Crippen LogP contribution in [0, 0.1) is 0 Å². The molecule has 166 valence electrons. The molecule has 9 nitrogen and oxygen atoms in total. The third-order valence-corrected chi connectivity index (χ3v) is 5.73. The number of carbonyl (C=O) groups is 2. The van der Waals surface area contributed by atoms with E-state index in [-0.39, 0.29) is 12.7 Å². The summed E-state index contributed by atoms with van der Waals surface area (Å²) in [6.07, 6.45) is 3.33. The van der Waals surface area contributed by atoms with Gasteiger partial charge in [0.15, 0.2) is 0 Å². The number of carbonyl (C=O) groups excluding carboxylic acids is 2. The Hall–Kier alpha value is -2.58. The Morgan fingerprint density at radius 3 is 2.74 bits per heavy atom. The summed E-state index contributed by atoms with van der Waals surface area (Å²) in [4.78, 5) is 27.8. The fraction of sp³-hybridized carbons (Fsp3) is 0.381. The smallest absolute Gasteiger partial charge is 0.342 e. The highest BCUT2D eigenvalue weighted by molar-refractivity contribution is 7.45. The summed E-state index contributed by atoms with van der Waals surface area (Å²) in [6.45, 7) is 1.87.